The van der Waals surface area contributed by atoms with E-state index in [2.05, 4.69) is 31.2 Å². The van der Waals surface area contributed by atoms with Gasteiger partial charge in [-0.15, -0.1) is 0 Å². The Morgan fingerprint density at radius 3 is 2.33 bits per heavy atom. The lowest BCUT2D eigenvalue weighted by Crippen LogP contribution is -2.01. The molecule has 0 aliphatic heterocycles. The van der Waals surface area contributed by atoms with Gasteiger partial charge in [-0.2, -0.15) is 0 Å². The van der Waals surface area contributed by atoms with Gasteiger partial charge in [0, 0.05) is 13.2 Å². The van der Waals surface area contributed by atoms with Crippen molar-refractivity contribution in [2.75, 3.05) is 33.7 Å². The molecular weight excluding hydrogens is 338 g/mol. The summed E-state index contributed by atoms with van der Waals surface area (Å²) in [6.45, 7) is 0. The summed E-state index contributed by atoms with van der Waals surface area (Å²) >= 11 is 3.39. The van der Waals surface area contributed by atoms with E-state index in [1.165, 1.54) is 0 Å². The van der Waals surface area contributed by atoms with Crippen molar-refractivity contribution in [1.82, 2.24) is 9.97 Å². The first-order chi connectivity index (χ1) is 10.2. The zero-order valence-electron chi connectivity index (χ0n) is 12.2. The molecule has 21 heavy (non-hydrogen) atoms. The Balaban J connectivity index is 2.63. The summed E-state index contributed by atoms with van der Waals surface area (Å²) in [6, 6.07) is 3.63. The molecule has 0 aliphatic carbocycles. The molecule has 1 aromatic carbocycles. The molecule has 0 saturated carbocycles. The Kier molecular flexibility index (Phi) is 4.85. The van der Waals surface area contributed by atoms with Crippen LogP contribution in [0.2, 0.25) is 0 Å². The molecule has 0 amide bonds. The Morgan fingerprint density at radius 1 is 1.05 bits per heavy atom. The molecule has 0 spiro atoms. The van der Waals surface area contributed by atoms with Crippen molar-refractivity contribution in [2.24, 2.45) is 0 Å². The maximum Gasteiger partial charge on any atom is 0.204 e. The van der Waals surface area contributed by atoms with Crippen LogP contribution in [0.1, 0.15) is 0 Å². The average molecular weight is 354 g/mol. The predicted molar refractivity (Wildman–Crippen MR) is 84.4 cm³/mol. The summed E-state index contributed by atoms with van der Waals surface area (Å²) in [7, 11) is 6.50. The number of methoxy groups -OCH3 is 3. The molecule has 112 valence electrons. The Labute approximate surface area is 131 Å². The highest BCUT2D eigenvalue weighted by Gasteiger charge is 2.19. The third kappa shape index (κ3) is 2.87. The molecule has 1 N–H and O–H groups in total. The van der Waals surface area contributed by atoms with E-state index in [0.29, 0.717) is 28.9 Å². The maximum atomic E-state index is 5.45. The van der Waals surface area contributed by atoms with Crippen LogP contribution in [0.4, 0.5) is 5.82 Å². The zero-order chi connectivity index (χ0) is 15.4. The molecule has 0 unspecified atom stereocenters. The highest BCUT2D eigenvalue weighted by Crippen LogP contribution is 2.43. The monoisotopic (exact) mass is 353 g/mol. The van der Waals surface area contributed by atoms with Crippen LogP contribution >= 0.6 is 15.9 Å². The van der Waals surface area contributed by atoms with Gasteiger partial charge in [0.2, 0.25) is 5.75 Å². The molecule has 0 saturated heterocycles. The van der Waals surface area contributed by atoms with Gasteiger partial charge >= 0.3 is 0 Å². The van der Waals surface area contributed by atoms with Crippen molar-refractivity contribution < 1.29 is 14.2 Å². The fraction of sp³-hybridized carbons (Fsp3) is 0.286. The van der Waals surface area contributed by atoms with Crippen LogP contribution in [0, 0.1) is 0 Å². The van der Waals surface area contributed by atoms with Gasteiger partial charge < -0.3 is 19.5 Å². The van der Waals surface area contributed by atoms with Crippen LogP contribution in [-0.4, -0.2) is 38.3 Å². The van der Waals surface area contributed by atoms with Gasteiger partial charge in [-0.05, 0) is 28.1 Å². The minimum atomic E-state index is 0.509. The molecule has 0 radical (unpaired) electrons. The standard InChI is InChI=1S/C14H16BrN3O3/c1-16-14-9(15)7-17-13(18-14)8-5-6-10(19-2)12(21-4)11(8)20-3/h5-7H,1-4H3,(H,16,17,18). The highest BCUT2D eigenvalue weighted by molar-refractivity contribution is 9.10. The SMILES string of the molecule is CNc1nc(-c2ccc(OC)c(OC)c2OC)ncc1Br. The van der Waals surface area contributed by atoms with Crippen molar-refractivity contribution in [1.29, 1.82) is 0 Å². The van der Waals surface area contributed by atoms with Crippen LogP contribution in [0.5, 0.6) is 17.2 Å². The lowest BCUT2D eigenvalue weighted by molar-refractivity contribution is 0.325. The highest BCUT2D eigenvalue weighted by atomic mass is 79.9. The number of rotatable bonds is 5. The fourth-order valence-corrected chi connectivity index (χ4v) is 2.34. The molecular formula is C14H16BrN3O3. The molecule has 0 bridgehead atoms. The van der Waals surface area contributed by atoms with Gasteiger partial charge in [0.15, 0.2) is 17.3 Å². The quantitative estimate of drug-likeness (QED) is 0.891. The largest absolute Gasteiger partial charge is 0.493 e. The van der Waals surface area contributed by atoms with Crippen molar-refractivity contribution in [2.45, 2.75) is 0 Å². The first kappa shape index (κ1) is 15.4. The number of anilines is 1. The van der Waals surface area contributed by atoms with Gasteiger partial charge in [-0.1, -0.05) is 0 Å². The van der Waals surface area contributed by atoms with E-state index in [0.717, 1.165) is 10.0 Å². The molecule has 1 heterocycles. The van der Waals surface area contributed by atoms with Crippen molar-refractivity contribution in [3.05, 3.63) is 22.8 Å². The molecule has 6 nitrogen and oxygen atoms in total. The minimum Gasteiger partial charge on any atom is -0.493 e. The first-order valence-corrected chi connectivity index (χ1v) is 6.95. The summed E-state index contributed by atoms with van der Waals surface area (Å²) in [4.78, 5) is 8.78. The van der Waals surface area contributed by atoms with Crippen LogP contribution in [0.15, 0.2) is 22.8 Å². The van der Waals surface area contributed by atoms with Crippen molar-refractivity contribution in [3.8, 4) is 28.6 Å². The molecule has 2 rings (SSSR count). The second-order valence-corrected chi connectivity index (χ2v) is 4.88. The van der Waals surface area contributed by atoms with Gasteiger partial charge in [-0.25, -0.2) is 9.97 Å². The van der Waals surface area contributed by atoms with Crippen LogP contribution in [0.25, 0.3) is 11.4 Å². The lowest BCUT2D eigenvalue weighted by Gasteiger charge is -2.15. The van der Waals surface area contributed by atoms with E-state index in [9.17, 15) is 0 Å². The van der Waals surface area contributed by atoms with E-state index in [4.69, 9.17) is 14.2 Å². The van der Waals surface area contributed by atoms with E-state index >= 15 is 0 Å². The van der Waals surface area contributed by atoms with E-state index < -0.39 is 0 Å². The third-order valence-corrected chi connectivity index (χ3v) is 3.51. The molecule has 0 aliphatic rings. The van der Waals surface area contributed by atoms with Crippen molar-refractivity contribution >= 4 is 21.7 Å². The number of benzene rings is 1. The lowest BCUT2D eigenvalue weighted by atomic mass is 10.1. The normalized spacial score (nSPS) is 10.1. The van der Waals surface area contributed by atoms with Gasteiger partial charge in [0.1, 0.15) is 5.82 Å². The van der Waals surface area contributed by atoms with E-state index in [1.807, 2.05) is 6.07 Å². The number of aromatic nitrogens is 2. The number of hydrogen-bond donors (Lipinski definition) is 1. The maximum absolute atomic E-state index is 5.45. The zero-order valence-corrected chi connectivity index (χ0v) is 13.8. The fourth-order valence-electron chi connectivity index (χ4n) is 1.95. The smallest absolute Gasteiger partial charge is 0.204 e. The summed E-state index contributed by atoms with van der Waals surface area (Å²) in [5.74, 6) is 2.84. The Hall–Kier alpha value is -2.02. The topological polar surface area (TPSA) is 65.5 Å². The van der Waals surface area contributed by atoms with Crippen LogP contribution < -0.4 is 19.5 Å². The molecule has 2 aromatic rings. The number of nitrogens with zero attached hydrogens (tertiary/aromatic N) is 2. The first-order valence-electron chi connectivity index (χ1n) is 6.15. The number of nitrogens with one attached hydrogen (secondary N) is 1. The van der Waals surface area contributed by atoms with Gasteiger partial charge in [0.25, 0.3) is 0 Å². The van der Waals surface area contributed by atoms with Crippen molar-refractivity contribution in [3.63, 3.8) is 0 Å². The summed E-state index contributed by atoms with van der Waals surface area (Å²) in [5.41, 5.74) is 0.721. The van der Waals surface area contributed by atoms with E-state index in [-0.39, 0.29) is 0 Å². The Bertz CT molecular complexity index is 650. The second-order valence-electron chi connectivity index (χ2n) is 4.02. The summed E-state index contributed by atoms with van der Waals surface area (Å²) in [5, 5.41) is 3.00. The minimum absolute atomic E-state index is 0.509. The predicted octanol–water partition coefficient (Wildman–Crippen LogP) is 2.97. The molecule has 7 heteroatoms. The summed E-state index contributed by atoms with van der Waals surface area (Å²) in [6.07, 6.45) is 1.68. The number of ether oxygens (including phenoxy) is 3. The Morgan fingerprint density at radius 2 is 1.76 bits per heavy atom. The molecule has 0 fully saturated rings. The van der Waals surface area contributed by atoms with E-state index in [1.54, 1.807) is 40.6 Å². The molecule has 1 aromatic heterocycles. The molecule has 0 atom stereocenters. The summed E-state index contributed by atoms with van der Waals surface area (Å²) < 4.78 is 16.9. The number of halogens is 1. The third-order valence-electron chi connectivity index (χ3n) is 2.93. The van der Waals surface area contributed by atoms with Crippen LogP contribution in [0.3, 0.4) is 0 Å². The second kappa shape index (κ2) is 6.62. The van der Waals surface area contributed by atoms with Gasteiger partial charge in [-0.3, -0.25) is 0 Å². The van der Waals surface area contributed by atoms with Gasteiger partial charge in [0.05, 0.1) is 31.4 Å². The average Bonchev–Trinajstić information content (AvgIpc) is 2.53. The number of hydrogen-bond acceptors (Lipinski definition) is 6. The van der Waals surface area contributed by atoms with Crippen LogP contribution in [-0.2, 0) is 0 Å².